The molecule has 41 heavy (non-hydrogen) atoms. The number of hydrogen-bond donors (Lipinski definition) is 1. The van der Waals surface area contributed by atoms with Crippen LogP contribution < -0.4 is 14.4 Å². The molecular formula is C28H32F3N5O4S. The lowest BCUT2D eigenvalue weighted by molar-refractivity contribution is -0.190. The third kappa shape index (κ3) is 5.90. The fraction of sp³-hybridized carbons (Fsp3) is 0.464. The zero-order chi connectivity index (χ0) is 29.6. The van der Waals surface area contributed by atoms with Crippen molar-refractivity contribution in [2.45, 2.75) is 63.1 Å². The van der Waals surface area contributed by atoms with Crippen LogP contribution in [0.25, 0.3) is 5.82 Å². The number of aromatic nitrogens is 3. The molecule has 0 unspecified atom stereocenters. The Bertz CT molecular complexity index is 1540. The van der Waals surface area contributed by atoms with Gasteiger partial charge in [0, 0.05) is 24.3 Å². The van der Waals surface area contributed by atoms with E-state index in [1.54, 1.807) is 24.4 Å². The second-order valence-electron chi connectivity index (χ2n) is 11.5. The van der Waals surface area contributed by atoms with Crippen molar-refractivity contribution in [2.75, 3.05) is 18.1 Å². The number of carbonyl (C=O) groups excluding carboxylic acids is 1. The number of nitrogens with one attached hydrogen (secondary N) is 1. The molecule has 1 aromatic carbocycles. The zero-order valence-corrected chi connectivity index (χ0v) is 23.8. The van der Waals surface area contributed by atoms with E-state index in [-0.39, 0.29) is 47.7 Å². The Morgan fingerprint density at radius 3 is 2.44 bits per heavy atom. The van der Waals surface area contributed by atoms with Gasteiger partial charge in [0.1, 0.15) is 5.82 Å². The van der Waals surface area contributed by atoms with E-state index in [0.717, 1.165) is 6.42 Å². The van der Waals surface area contributed by atoms with Gasteiger partial charge in [-0.2, -0.15) is 13.2 Å². The largest absolute Gasteiger partial charge is 0.477 e. The van der Waals surface area contributed by atoms with Crippen molar-refractivity contribution in [2.24, 2.45) is 11.3 Å². The lowest BCUT2D eigenvalue weighted by Gasteiger charge is -2.34. The zero-order valence-electron chi connectivity index (χ0n) is 23.0. The number of rotatable bonds is 9. The Balaban J connectivity index is 1.40. The van der Waals surface area contributed by atoms with Crippen molar-refractivity contribution in [1.82, 2.24) is 19.5 Å². The van der Waals surface area contributed by atoms with Gasteiger partial charge in [-0.05, 0) is 69.7 Å². The van der Waals surface area contributed by atoms with E-state index >= 15 is 0 Å². The van der Waals surface area contributed by atoms with E-state index < -0.39 is 27.5 Å². The summed E-state index contributed by atoms with van der Waals surface area (Å²) >= 11 is 0. The standard InChI is InChI=1S/C28H32F3N5O4S/c1-19-17-26(2,3)35(18-19)24-21(25(37)34-41(38,39)20-7-5-4-6-8-20)9-10-22(32-24)36-15-11-23(33-36)40-16-14-27(12-13-27)28(29,30)31/h4-11,15,19H,12-14,16-18H2,1-3H3,(H,34,37)/t19-/m1/s1. The maximum Gasteiger partial charge on any atom is 0.394 e. The fourth-order valence-electron chi connectivity index (χ4n) is 5.43. The summed E-state index contributed by atoms with van der Waals surface area (Å²) < 4.78 is 74.4. The van der Waals surface area contributed by atoms with Crippen molar-refractivity contribution in [3.63, 3.8) is 0 Å². The van der Waals surface area contributed by atoms with E-state index in [1.807, 2.05) is 18.7 Å². The van der Waals surface area contributed by atoms with Gasteiger partial charge in [-0.1, -0.05) is 25.1 Å². The lowest BCUT2D eigenvalue weighted by atomic mass is 9.97. The molecule has 1 aliphatic heterocycles. The van der Waals surface area contributed by atoms with Crippen molar-refractivity contribution in [3.05, 3.63) is 60.3 Å². The predicted octanol–water partition coefficient (Wildman–Crippen LogP) is 5.12. The molecule has 2 aliphatic rings. The number of amides is 1. The predicted molar refractivity (Wildman–Crippen MR) is 145 cm³/mol. The van der Waals surface area contributed by atoms with Crippen LogP contribution in [-0.2, 0) is 10.0 Å². The van der Waals surface area contributed by atoms with E-state index in [2.05, 4.69) is 16.7 Å². The summed E-state index contributed by atoms with van der Waals surface area (Å²) in [6.45, 7) is 6.63. The molecule has 220 valence electrons. The Labute approximate surface area is 236 Å². The van der Waals surface area contributed by atoms with Crippen LogP contribution in [0.2, 0.25) is 0 Å². The topological polar surface area (TPSA) is 106 Å². The SMILES string of the molecule is C[C@H]1CN(c2nc(-n3ccc(OCCC4(C(F)(F)F)CC4)n3)ccc2C(=O)NS(=O)(=O)c2ccccc2)C(C)(C)C1. The third-order valence-electron chi connectivity index (χ3n) is 7.80. The molecule has 1 amide bonds. The summed E-state index contributed by atoms with van der Waals surface area (Å²) in [4.78, 5) is 20.0. The first-order chi connectivity index (χ1) is 19.2. The van der Waals surface area contributed by atoms with Crippen LogP contribution in [-0.4, -0.2) is 54.0 Å². The minimum atomic E-state index is -4.24. The van der Waals surface area contributed by atoms with Gasteiger partial charge >= 0.3 is 6.18 Å². The molecule has 1 saturated carbocycles. The Kier molecular flexibility index (Phi) is 7.29. The van der Waals surface area contributed by atoms with Crippen LogP contribution >= 0.6 is 0 Å². The van der Waals surface area contributed by atoms with Crippen LogP contribution in [0, 0.1) is 11.3 Å². The summed E-state index contributed by atoms with van der Waals surface area (Å²) in [5.74, 6) is 0.271. The monoisotopic (exact) mass is 591 g/mol. The molecule has 5 rings (SSSR count). The highest BCUT2D eigenvalue weighted by Crippen LogP contribution is 2.59. The first-order valence-corrected chi connectivity index (χ1v) is 14.9. The summed E-state index contributed by atoms with van der Waals surface area (Å²) in [5.41, 5.74) is -1.94. The summed E-state index contributed by atoms with van der Waals surface area (Å²) in [7, 11) is -4.12. The van der Waals surface area contributed by atoms with E-state index in [9.17, 15) is 26.4 Å². The highest BCUT2D eigenvalue weighted by atomic mass is 32.2. The first-order valence-electron chi connectivity index (χ1n) is 13.4. The molecule has 2 aromatic heterocycles. The van der Waals surface area contributed by atoms with Crippen LogP contribution in [0.4, 0.5) is 19.0 Å². The van der Waals surface area contributed by atoms with Crippen molar-refractivity contribution >= 4 is 21.7 Å². The summed E-state index contributed by atoms with van der Waals surface area (Å²) in [6, 6.07) is 12.2. The molecule has 1 aliphatic carbocycles. The molecule has 1 atom stereocenters. The minimum absolute atomic E-state index is 0.0403. The maximum absolute atomic E-state index is 13.4. The van der Waals surface area contributed by atoms with Crippen molar-refractivity contribution in [3.8, 4) is 11.7 Å². The van der Waals surface area contributed by atoms with Gasteiger partial charge in [-0.3, -0.25) is 4.79 Å². The number of carbonyl (C=O) groups is 1. The molecule has 1 saturated heterocycles. The van der Waals surface area contributed by atoms with E-state index in [4.69, 9.17) is 9.72 Å². The van der Waals surface area contributed by atoms with Crippen molar-refractivity contribution < 1.29 is 31.1 Å². The highest BCUT2D eigenvalue weighted by molar-refractivity contribution is 7.90. The molecule has 0 radical (unpaired) electrons. The molecule has 3 aromatic rings. The number of sulfonamides is 1. The smallest absolute Gasteiger partial charge is 0.394 e. The van der Waals surface area contributed by atoms with Crippen LogP contribution in [0.3, 0.4) is 0 Å². The maximum atomic E-state index is 13.4. The van der Waals surface area contributed by atoms with Gasteiger partial charge in [0.25, 0.3) is 15.9 Å². The molecule has 2 fully saturated rings. The van der Waals surface area contributed by atoms with Crippen molar-refractivity contribution in [1.29, 1.82) is 0 Å². The van der Waals surface area contributed by atoms with Gasteiger partial charge in [0.2, 0.25) is 5.88 Å². The number of nitrogens with zero attached hydrogens (tertiary/aromatic N) is 4. The number of pyridine rings is 1. The molecule has 1 N–H and O–H groups in total. The molecule has 9 nitrogen and oxygen atoms in total. The van der Waals surface area contributed by atoms with E-state index in [0.29, 0.717) is 24.1 Å². The highest BCUT2D eigenvalue weighted by Gasteiger charge is 2.62. The molecule has 13 heteroatoms. The molecule has 0 spiro atoms. The Morgan fingerprint density at radius 2 is 1.83 bits per heavy atom. The number of alkyl halides is 3. The van der Waals surface area contributed by atoms with Gasteiger partial charge in [-0.15, -0.1) is 5.10 Å². The third-order valence-corrected chi connectivity index (χ3v) is 9.15. The Hall–Kier alpha value is -3.61. The molecule has 3 heterocycles. The lowest BCUT2D eigenvalue weighted by Crippen LogP contribution is -2.41. The first kappa shape index (κ1) is 28.9. The Morgan fingerprint density at radius 1 is 1.12 bits per heavy atom. The summed E-state index contributed by atoms with van der Waals surface area (Å²) in [6.07, 6.45) is -1.76. The van der Waals surface area contributed by atoms with Crippen LogP contribution in [0.1, 0.15) is 56.8 Å². The second-order valence-corrected chi connectivity index (χ2v) is 13.2. The minimum Gasteiger partial charge on any atom is -0.477 e. The number of ether oxygens (including phenoxy) is 1. The van der Waals surface area contributed by atoms with Gasteiger partial charge in [0.05, 0.1) is 22.5 Å². The van der Waals surface area contributed by atoms with Crippen LogP contribution in [0.15, 0.2) is 59.6 Å². The summed E-state index contributed by atoms with van der Waals surface area (Å²) in [5, 5.41) is 4.31. The quantitative estimate of drug-likeness (QED) is 0.368. The molecule has 0 bridgehead atoms. The number of benzene rings is 1. The normalized spacial score (nSPS) is 19.7. The second kappa shape index (κ2) is 10.3. The number of hydrogen-bond acceptors (Lipinski definition) is 7. The number of anilines is 1. The van der Waals surface area contributed by atoms with Gasteiger partial charge < -0.3 is 9.64 Å². The average Bonchev–Trinajstić information content (AvgIpc) is 3.47. The number of halogens is 3. The van der Waals surface area contributed by atoms with Gasteiger partial charge in [-0.25, -0.2) is 22.8 Å². The molecular weight excluding hydrogens is 559 g/mol. The van der Waals surface area contributed by atoms with Gasteiger partial charge in [0.15, 0.2) is 5.82 Å². The average molecular weight is 592 g/mol. The van der Waals surface area contributed by atoms with E-state index in [1.165, 1.54) is 35.0 Å². The van der Waals surface area contributed by atoms with Crippen LogP contribution in [0.5, 0.6) is 5.88 Å². The fourth-order valence-corrected chi connectivity index (χ4v) is 6.42.